The lowest BCUT2D eigenvalue weighted by Gasteiger charge is -2.13. The second kappa shape index (κ2) is 5.23. The third-order valence-electron chi connectivity index (χ3n) is 2.77. The fourth-order valence-corrected chi connectivity index (χ4v) is 1.86. The van der Waals surface area contributed by atoms with Crippen LogP contribution in [0.5, 0.6) is 0 Å². The molecular formula is C13H15ClN4. The summed E-state index contributed by atoms with van der Waals surface area (Å²) in [6.45, 7) is 3.99. The second-order valence-electron chi connectivity index (χ2n) is 4.03. The van der Waals surface area contributed by atoms with Crippen LogP contribution in [0.2, 0.25) is 5.02 Å². The van der Waals surface area contributed by atoms with E-state index in [9.17, 15) is 0 Å². The minimum absolute atomic E-state index is 0.698. The van der Waals surface area contributed by atoms with Gasteiger partial charge in [0.1, 0.15) is 18.0 Å². The van der Waals surface area contributed by atoms with Crippen molar-refractivity contribution >= 4 is 28.9 Å². The highest BCUT2D eigenvalue weighted by Gasteiger charge is 2.07. The van der Waals surface area contributed by atoms with Crippen molar-refractivity contribution in [2.24, 2.45) is 0 Å². The molecule has 18 heavy (non-hydrogen) atoms. The molecule has 94 valence electrons. The second-order valence-corrected chi connectivity index (χ2v) is 4.47. The van der Waals surface area contributed by atoms with E-state index in [0.29, 0.717) is 5.02 Å². The SMILES string of the molecule is CNc1ncnc(Nc2cc(Cl)ccc2C)c1C. The van der Waals surface area contributed by atoms with E-state index in [2.05, 4.69) is 20.6 Å². The predicted octanol–water partition coefficient (Wildman–Crippen LogP) is 3.53. The van der Waals surface area contributed by atoms with Crippen LogP contribution in [0.25, 0.3) is 0 Å². The topological polar surface area (TPSA) is 49.8 Å². The van der Waals surface area contributed by atoms with Gasteiger partial charge in [-0.05, 0) is 31.5 Å². The smallest absolute Gasteiger partial charge is 0.138 e. The van der Waals surface area contributed by atoms with Crippen LogP contribution in [-0.4, -0.2) is 17.0 Å². The van der Waals surface area contributed by atoms with Gasteiger partial charge in [0.2, 0.25) is 0 Å². The van der Waals surface area contributed by atoms with Gasteiger partial charge in [0.05, 0.1) is 0 Å². The first kappa shape index (κ1) is 12.6. The molecule has 0 bridgehead atoms. The zero-order chi connectivity index (χ0) is 13.1. The van der Waals surface area contributed by atoms with Crippen molar-refractivity contribution in [3.05, 3.63) is 40.7 Å². The molecule has 1 aromatic heterocycles. The predicted molar refractivity (Wildman–Crippen MR) is 75.8 cm³/mol. The van der Waals surface area contributed by atoms with Gasteiger partial charge in [0, 0.05) is 23.3 Å². The van der Waals surface area contributed by atoms with E-state index >= 15 is 0 Å². The molecule has 0 spiro atoms. The van der Waals surface area contributed by atoms with Crippen LogP contribution >= 0.6 is 11.6 Å². The minimum Gasteiger partial charge on any atom is -0.373 e. The molecule has 2 rings (SSSR count). The lowest BCUT2D eigenvalue weighted by atomic mass is 10.2. The highest BCUT2D eigenvalue weighted by atomic mass is 35.5. The third kappa shape index (κ3) is 2.54. The van der Waals surface area contributed by atoms with Gasteiger partial charge in [-0.15, -0.1) is 0 Å². The standard InChI is InChI=1S/C13H15ClN4/c1-8-4-5-10(14)6-11(8)18-13-9(2)12(15-3)16-7-17-13/h4-7H,1-3H3,(H2,15,16,17,18). The van der Waals surface area contributed by atoms with E-state index in [1.54, 1.807) is 0 Å². The Labute approximate surface area is 111 Å². The number of aromatic nitrogens is 2. The number of rotatable bonds is 3. The van der Waals surface area contributed by atoms with Crippen molar-refractivity contribution in [1.82, 2.24) is 9.97 Å². The van der Waals surface area contributed by atoms with Crippen molar-refractivity contribution in [1.29, 1.82) is 0 Å². The van der Waals surface area contributed by atoms with Gasteiger partial charge in [-0.25, -0.2) is 9.97 Å². The number of hydrogen-bond acceptors (Lipinski definition) is 4. The monoisotopic (exact) mass is 262 g/mol. The lowest BCUT2D eigenvalue weighted by molar-refractivity contribution is 1.12. The van der Waals surface area contributed by atoms with E-state index in [1.807, 2.05) is 39.1 Å². The number of hydrogen-bond donors (Lipinski definition) is 2. The Balaban J connectivity index is 2.37. The summed E-state index contributed by atoms with van der Waals surface area (Å²) in [6, 6.07) is 5.73. The first-order valence-corrected chi connectivity index (χ1v) is 6.02. The molecule has 1 heterocycles. The molecule has 0 aliphatic rings. The molecular weight excluding hydrogens is 248 g/mol. The Morgan fingerprint density at radius 1 is 1.11 bits per heavy atom. The van der Waals surface area contributed by atoms with E-state index in [0.717, 1.165) is 28.5 Å². The first-order valence-electron chi connectivity index (χ1n) is 5.64. The van der Waals surface area contributed by atoms with Crippen LogP contribution in [0.3, 0.4) is 0 Å². The Kier molecular flexibility index (Phi) is 3.67. The molecule has 0 aliphatic heterocycles. The van der Waals surface area contributed by atoms with Gasteiger partial charge in [-0.2, -0.15) is 0 Å². The largest absolute Gasteiger partial charge is 0.373 e. The Morgan fingerprint density at radius 2 is 1.83 bits per heavy atom. The molecule has 0 atom stereocenters. The molecule has 0 saturated carbocycles. The number of nitrogens with zero attached hydrogens (tertiary/aromatic N) is 2. The third-order valence-corrected chi connectivity index (χ3v) is 3.01. The van der Waals surface area contributed by atoms with Crippen molar-refractivity contribution in [3.63, 3.8) is 0 Å². The Morgan fingerprint density at radius 3 is 2.56 bits per heavy atom. The van der Waals surface area contributed by atoms with Crippen molar-refractivity contribution in [2.75, 3.05) is 17.7 Å². The Bertz CT molecular complexity index is 569. The van der Waals surface area contributed by atoms with Gasteiger partial charge >= 0.3 is 0 Å². The van der Waals surface area contributed by atoms with E-state index < -0.39 is 0 Å². The fraction of sp³-hybridized carbons (Fsp3) is 0.231. The number of halogens is 1. The molecule has 0 unspecified atom stereocenters. The van der Waals surface area contributed by atoms with Crippen molar-refractivity contribution in [3.8, 4) is 0 Å². The van der Waals surface area contributed by atoms with Crippen LogP contribution < -0.4 is 10.6 Å². The molecule has 2 aromatic rings. The van der Waals surface area contributed by atoms with Crippen molar-refractivity contribution < 1.29 is 0 Å². The molecule has 0 radical (unpaired) electrons. The molecule has 4 nitrogen and oxygen atoms in total. The molecule has 5 heteroatoms. The normalized spacial score (nSPS) is 10.2. The first-order chi connectivity index (χ1) is 8.61. The maximum absolute atomic E-state index is 6.00. The fourth-order valence-electron chi connectivity index (χ4n) is 1.68. The maximum atomic E-state index is 6.00. The van der Waals surface area contributed by atoms with E-state index in [1.165, 1.54) is 6.33 Å². The lowest BCUT2D eigenvalue weighted by Crippen LogP contribution is -2.03. The molecule has 2 N–H and O–H groups in total. The highest BCUT2D eigenvalue weighted by Crippen LogP contribution is 2.26. The summed E-state index contributed by atoms with van der Waals surface area (Å²) in [5.74, 6) is 1.59. The number of anilines is 3. The van der Waals surface area contributed by atoms with Gasteiger partial charge in [-0.1, -0.05) is 17.7 Å². The molecule has 0 fully saturated rings. The zero-order valence-electron chi connectivity index (χ0n) is 10.6. The number of nitrogens with one attached hydrogen (secondary N) is 2. The molecule has 0 amide bonds. The molecule has 1 aromatic carbocycles. The van der Waals surface area contributed by atoms with E-state index in [-0.39, 0.29) is 0 Å². The van der Waals surface area contributed by atoms with Crippen LogP contribution in [0.1, 0.15) is 11.1 Å². The summed E-state index contributed by atoms with van der Waals surface area (Å²) >= 11 is 6.00. The van der Waals surface area contributed by atoms with Crippen LogP contribution in [0.15, 0.2) is 24.5 Å². The Hall–Kier alpha value is -1.81. The van der Waals surface area contributed by atoms with Gasteiger partial charge in [0.15, 0.2) is 0 Å². The van der Waals surface area contributed by atoms with Gasteiger partial charge < -0.3 is 10.6 Å². The zero-order valence-corrected chi connectivity index (χ0v) is 11.3. The summed E-state index contributed by atoms with van der Waals surface area (Å²) in [5, 5.41) is 7.01. The summed E-state index contributed by atoms with van der Waals surface area (Å²) in [6.07, 6.45) is 1.53. The summed E-state index contributed by atoms with van der Waals surface area (Å²) in [4.78, 5) is 8.40. The number of aryl methyl sites for hydroxylation is 1. The van der Waals surface area contributed by atoms with Gasteiger partial charge in [-0.3, -0.25) is 0 Å². The highest BCUT2D eigenvalue weighted by molar-refractivity contribution is 6.30. The summed E-state index contributed by atoms with van der Waals surface area (Å²) in [7, 11) is 1.84. The molecule has 0 saturated heterocycles. The van der Waals surface area contributed by atoms with Crippen LogP contribution in [-0.2, 0) is 0 Å². The minimum atomic E-state index is 0.698. The maximum Gasteiger partial charge on any atom is 0.138 e. The van der Waals surface area contributed by atoms with Gasteiger partial charge in [0.25, 0.3) is 0 Å². The van der Waals surface area contributed by atoms with E-state index in [4.69, 9.17) is 11.6 Å². The summed E-state index contributed by atoms with van der Waals surface area (Å²) in [5.41, 5.74) is 3.04. The van der Waals surface area contributed by atoms with Crippen LogP contribution in [0, 0.1) is 13.8 Å². The van der Waals surface area contributed by atoms with Crippen LogP contribution in [0.4, 0.5) is 17.3 Å². The average Bonchev–Trinajstić information content (AvgIpc) is 2.36. The molecule has 0 aliphatic carbocycles. The quantitative estimate of drug-likeness (QED) is 0.888. The summed E-state index contributed by atoms with van der Waals surface area (Å²) < 4.78 is 0. The van der Waals surface area contributed by atoms with Crippen molar-refractivity contribution in [2.45, 2.75) is 13.8 Å². The average molecular weight is 263 g/mol. The number of benzene rings is 1.